The monoisotopic (exact) mass is 356 g/mol. The Morgan fingerprint density at radius 1 is 1.15 bits per heavy atom. The highest BCUT2D eigenvalue weighted by atomic mass is 16.5. The Balaban J connectivity index is 1.46. The van der Waals surface area contributed by atoms with Crippen LogP contribution in [0.5, 0.6) is 0 Å². The van der Waals surface area contributed by atoms with Crippen LogP contribution in [0.4, 0.5) is 11.5 Å². The number of hydrogen-bond donors (Lipinski definition) is 2. The number of carbonyl (C=O) groups excluding carboxylic acids is 2. The average Bonchev–Trinajstić information content (AvgIpc) is 2.69. The Morgan fingerprint density at radius 3 is 2.50 bits per heavy atom. The van der Waals surface area contributed by atoms with Crippen LogP contribution in [0.3, 0.4) is 0 Å². The molecule has 0 bridgehead atoms. The molecule has 0 atom stereocenters. The molecule has 1 saturated heterocycles. The fraction of sp³-hybridized carbons (Fsp3) is 0.316. The van der Waals surface area contributed by atoms with Gasteiger partial charge in [-0.25, -0.2) is 9.78 Å². The van der Waals surface area contributed by atoms with E-state index in [9.17, 15) is 9.59 Å². The van der Waals surface area contributed by atoms with Gasteiger partial charge in [-0.15, -0.1) is 0 Å². The molecule has 7 heteroatoms. The van der Waals surface area contributed by atoms with Gasteiger partial charge in [0.1, 0.15) is 26.2 Å². The van der Waals surface area contributed by atoms with Crippen LogP contribution >= 0.6 is 0 Å². The summed E-state index contributed by atoms with van der Waals surface area (Å²) < 4.78 is 4.66. The number of quaternary nitrogens is 1. The van der Waals surface area contributed by atoms with Crippen LogP contribution in [0.1, 0.15) is 10.4 Å². The summed E-state index contributed by atoms with van der Waals surface area (Å²) in [5.41, 5.74) is 1.14. The second-order valence-corrected chi connectivity index (χ2v) is 6.28. The molecular formula is C19H24N4O3+2. The van der Waals surface area contributed by atoms with E-state index in [1.54, 1.807) is 24.3 Å². The first-order valence-corrected chi connectivity index (χ1v) is 8.69. The first-order valence-electron chi connectivity index (χ1n) is 8.69. The van der Waals surface area contributed by atoms with Crippen LogP contribution in [0, 0.1) is 0 Å². The highest BCUT2D eigenvalue weighted by molar-refractivity contribution is 5.93. The molecule has 0 unspecified atom stereocenters. The number of esters is 1. The maximum absolute atomic E-state index is 12.3. The molecule has 3 rings (SSSR count). The number of rotatable bonds is 5. The van der Waals surface area contributed by atoms with Gasteiger partial charge in [-0.2, -0.15) is 0 Å². The quantitative estimate of drug-likeness (QED) is 0.717. The van der Waals surface area contributed by atoms with Gasteiger partial charge in [-0.05, 0) is 30.3 Å². The molecule has 0 radical (unpaired) electrons. The molecule has 0 aliphatic carbocycles. The maximum Gasteiger partial charge on any atom is 0.337 e. The number of pyridine rings is 1. The van der Waals surface area contributed by atoms with Crippen molar-refractivity contribution in [3.63, 3.8) is 0 Å². The predicted octanol–water partition coefficient (Wildman–Crippen LogP) is -0.369. The zero-order chi connectivity index (χ0) is 18.4. The van der Waals surface area contributed by atoms with Gasteiger partial charge < -0.3 is 15.0 Å². The van der Waals surface area contributed by atoms with E-state index < -0.39 is 0 Å². The number of aromatic amines is 1. The highest BCUT2D eigenvalue weighted by Gasteiger charge is 2.27. The number of amides is 1. The number of nitrogens with zero attached hydrogens (tertiary/aromatic N) is 1. The lowest BCUT2D eigenvalue weighted by Crippen LogP contribution is -3.15. The standard InChI is InChI=1S/C19H22N4O3/c1-26-19(25)15-5-7-16(8-6-15)21-18(24)14-22-10-12-23(13-11-22)17-4-2-3-9-20-17/h2-9H,10-14H2,1H3,(H,21,24)/p+2. The number of methoxy groups -OCH3 is 1. The Kier molecular flexibility index (Phi) is 5.80. The largest absolute Gasteiger partial charge is 0.465 e. The molecule has 3 N–H and O–H groups in total. The summed E-state index contributed by atoms with van der Waals surface area (Å²) in [6.45, 7) is 4.09. The number of piperazine rings is 1. The number of benzene rings is 1. The summed E-state index contributed by atoms with van der Waals surface area (Å²) in [7, 11) is 1.34. The van der Waals surface area contributed by atoms with E-state index in [-0.39, 0.29) is 11.9 Å². The van der Waals surface area contributed by atoms with Crippen LogP contribution in [0.25, 0.3) is 0 Å². The minimum Gasteiger partial charge on any atom is -0.465 e. The second-order valence-electron chi connectivity index (χ2n) is 6.28. The topological polar surface area (TPSA) is 77.2 Å². The molecule has 0 saturated carbocycles. The zero-order valence-corrected chi connectivity index (χ0v) is 14.8. The van der Waals surface area contributed by atoms with Crippen LogP contribution in [0.2, 0.25) is 0 Å². The van der Waals surface area contributed by atoms with E-state index in [2.05, 4.69) is 26.0 Å². The zero-order valence-electron chi connectivity index (χ0n) is 14.8. The normalized spacial score (nSPS) is 14.7. The Hall–Kier alpha value is -2.93. The summed E-state index contributed by atoms with van der Waals surface area (Å²) in [5, 5.41) is 2.88. The van der Waals surface area contributed by atoms with Crippen molar-refractivity contribution in [2.24, 2.45) is 0 Å². The minimum atomic E-state index is -0.388. The smallest absolute Gasteiger partial charge is 0.337 e. The van der Waals surface area contributed by atoms with E-state index in [4.69, 9.17) is 0 Å². The Labute approximate surface area is 152 Å². The third-order valence-corrected chi connectivity index (χ3v) is 4.50. The summed E-state index contributed by atoms with van der Waals surface area (Å²) >= 11 is 0. The van der Waals surface area contributed by atoms with Crippen molar-refractivity contribution in [3.8, 4) is 0 Å². The Morgan fingerprint density at radius 2 is 1.88 bits per heavy atom. The molecule has 1 amide bonds. The van der Waals surface area contributed by atoms with E-state index in [0.29, 0.717) is 17.8 Å². The van der Waals surface area contributed by atoms with E-state index in [0.717, 1.165) is 32.0 Å². The molecule has 2 heterocycles. The van der Waals surface area contributed by atoms with Crippen LogP contribution < -0.4 is 20.1 Å². The number of aromatic nitrogens is 1. The fourth-order valence-electron chi connectivity index (χ4n) is 3.06. The van der Waals surface area contributed by atoms with Crippen molar-refractivity contribution in [1.29, 1.82) is 0 Å². The summed E-state index contributed by atoms with van der Waals surface area (Å²) in [6.07, 6.45) is 1.92. The van der Waals surface area contributed by atoms with E-state index in [1.807, 2.05) is 18.3 Å². The van der Waals surface area contributed by atoms with Crippen LogP contribution in [0.15, 0.2) is 48.7 Å². The van der Waals surface area contributed by atoms with Gasteiger partial charge >= 0.3 is 5.97 Å². The third-order valence-electron chi connectivity index (χ3n) is 4.50. The van der Waals surface area contributed by atoms with Crippen LogP contribution in [-0.2, 0) is 9.53 Å². The molecule has 1 aliphatic rings. The van der Waals surface area contributed by atoms with Crippen molar-refractivity contribution in [1.82, 2.24) is 0 Å². The molecule has 1 aliphatic heterocycles. The van der Waals surface area contributed by atoms with Crippen LogP contribution in [-0.4, -0.2) is 51.7 Å². The first kappa shape index (κ1) is 17.9. The molecule has 7 nitrogen and oxygen atoms in total. The molecule has 1 aromatic carbocycles. The summed E-state index contributed by atoms with van der Waals surface area (Å²) in [5.74, 6) is 0.702. The lowest BCUT2D eigenvalue weighted by Gasteiger charge is -2.27. The number of H-pyrrole nitrogens is 1. The molecular weight excluding hydrogens is 332 g/mol. The number of anilines is 2. The SMILES string of the molecule is COC(=O)c1ccc(NC(=O)C[NH+]2CCN(c3cccc[nH+]3)CC2)cc1. The molecule has 136 valence electrons. The van der Waals surface area contributed by atoms with Crippen molar-refractivity contribution in [2.75, 3.05) is 50.1 Å². The predicted molar refractivity (Wildman–Crippen MR) is 97.2 cm³/mol. The Bertz CT molecular complexity index is 741. The first-order chi connectivity index (χ1) is 12.7. The van der Waals surface area contributed by atoms with E-state index in [1.165, 1.54) is 12.0 Å². The fourth-order valence-corrected chi connectivity index (χ4v) is 3.06. The van der Waals surface area contributed by atoms with Crippen molar-refractivity contribution < 1.29 is 24.2 Å². The lowest BCUT2D eigenvalue weighted by atomic mass is 10.2. The molecule has 1 fully saturated rings. The van der Waals surface area contributed by atoms with Crippen molar-refractivity contribution >= 4 is 23.4 Å². The molecule has 1 aromatic heterocycles. The maximum atomic E-state index is 12.3. The van der Waals surface area contributed by atoms with E-state index >= 15 is 0 Å². The van der Waals surface area contributed by atoms with Gasteiger partial charge in [-0.1, -0.05) is 6.07 Å². The highest BCUT2D eigenvalue weighted by Crippen LogP contribution is 2.10. The van der Waals surface area contributed by atoms with Crippen molar-refractivity contribution in [3.05, 3.63) is 54.2 Å². The summed E-state index contributed by atoms with van der Waals surface area (Å²) in [4.78, 5) is 30.5. The molecule has 26 heavy (non-hydrogen) atoms. The van der Waals surface area contributed by atoms with Crippen molar-refractivity contribution in [2.45, 2.75) is 0 Å². The lowest BCUT2D eigenvalue weighted by molar-refractivity contribution is -0.892. The van der Waals surface area contributed by atoms with Gasteiger partial charge in [0.25, 0.3) is 11.7 Å². The van der Waals surface area contributed by atoms with Gasteiger partial charge in [0, 0.05) is 11.8 Å². The van der Waals surface area contributed by atoms with Gasteiger partial charge in [0.05, 0.1) is 18.9 Å². The minimum absolute atomic E-state index is 0.0226. The third kappa shape index (κ3) is 4.58. The second kappa shape index (κ2) is 8.44. The number of hydrogen-bond acceptors (Lipinski definition) is 4. The average molecular weight is 356 g/mol. The van der Waals surface area contributed by atoms with Gasteiger partial charge in [0.2, 0.25) is 0 Å². The molecule has 0 spiro atoms. The number of carbonyl (C=O) groups is 2. The van der Waals surface area contributed by atoms with Gasteiger partial charge in [0.15, 0.2) is 6.54 Å². The summed E-state index contributed by atoms with van der Waals surface area (Å²) in [6, 6.07) is 12.8. The number of nitrogens with one attached hydrogen (secondary N) is 3. The molecule has 2 aromatic rings. The number of ether oxygens (including phenoxy) is 1. The van der Waals surface area contributed by atoms with Gasteiger partial charge in [-0.3, -0.25) is 9.69 Å².